The summed E-state index contributed by atoms with van der Waals surface area (Å²) in [5.41, 5.74) is 1.57. The Morgan fingerprint density at radius 2 is 2.00 bits per heavy atom. The number of thiazole rings is 1. The summed E-state index contributed by atoms with van der Waals surface area (Å²) in [6.07, 6.45) is 8.73. The van der Waals surface area contributed by atoms with E-state index in [0.29, 0.717) is 41.5 Å². The number of nitrogens with zero attached hydrogens (tertiary/aromatic N) is 3. The Hall–Kier alpha value is -2.13. The highest BCUT2D eigenvalue weighted by atomic mass is 32.1. The fourth-order valence-corrected chi connectivity index (χ4v) is 5.89. The van der Waals surface area contributed by atoms with Crippen molar-refractivity contribution in [2.24, 2.45) is 11.8 Å². The van der Waals surface area contributed by atoms with E-state index in [-0.39, 0.29) is 5.78 Å². The number of aromatic nitrogens is 2. The van der Waals surface area contributed by atoms with E-state index in [1.54, 1.807) is 12.3 Å². The summed E-state index contributed by atoms with van der Waals surface area (Å²) in [5.74, 6) is -1.17. The molecule has 0 saturated heterocycles. The van der Waals surface area contributed by atoms with Crippen LogP contribution in [-0.2, 0) is 13.0 Å². The molecule has 0 N–H and O–H groups in total. The van der Waals surface area contributed by atoms with Crippen LogP contribution in [0.25, 0.3) is 0 Å². The molecule has 9 heteroatoms. The second kappa shape index (κ2) is 11.7. The number of ether oxygens (including phenoxy) is 2. The summed E-state index contributed by atoms with van der Waals surface area (Å²) in [6.45, 7) is 5.36. The summed E-state index contributed by atoms with van der Waals surface area (Å²) < 4.78 is 36.8. The Balaban J connectivity index is 1.19. The van der Waals surface area contributed by atoms with Crippen LogP contribution in [0.1, 0.15) is 73.3 Å². The second-order valence-corrected chi connectivity index (χ2v) is 10.9. The lowest BCUT2D eigenvalue weighted by molar-refractivity contribution is -0.0230. The molecule has 0 unspecified atom stereocenters. The quantitative estimate of drug-likeness (QED) is 0.358. The second-order valence-electron chi connectivity index (χ2n) is 9.83. The maximum Gasteiger partial charge on any atom is 0.278 e. The number of carbonyl (C=O) groups is 1. The van der Waals surface area contributed by atoms with E-state index >= 15 is 0 Å². The van der Waals surface area contributed by atoms with Gasteiger partial charge >= 0.3 is 0 Å². The number of hydrogen-bond donors (Lipinski definition) is 0. The summed E-state index contributed by atoms with van der Waals surface area (Å²) in [7, 11) is 0. The number of hydrogen-bond acceptors (Lipinski definition) is 7. The molecule has 0 aromatic carbocycles. The molecule has 1 aliphatic carbocycles. The van der Waals surface area contributed by atoms with Gasteiger partial charge in [0.25, 0.3) is 11.1 Å². The predicted octanol–water partition coefficient (Wildman–Crippen LogP) is 5.80. The van der Waals surface area contributed by atoms with E-state index in [1.807, 2.05) is 13.0 Å². The van der Waals surface area contributed by atoms with Gasteiger partial charge in [0.2, 0.25) is 5.88 Å². The third kappa shape index (κ3) is 7.43. The molecule has 192 valence electrons. The molecule has 3 heterocycles. The van der Waals surface area contributed by atoms with Gasteiger partial charge in [0.05, 0.1) is 17.9 Å². The van der Waals surface area contributed by atoms with Gasteiger partial charge in [-0.05, 0) is 63.1 Å². The Labute approximate surface area is 210 Å². The molecule has 35 heavy (non-hydrogen) atoms. The number of halogens is 2. The minimum absolute atomic E-state index is 0.128. The Morgan fingerprint density at radius 3 is 2.74 bits per heavy atom. The monoisotopic (exact) mass is 507 g/mol. The molecule has 0 radical (unpaired) electrons. The van der Waals surface area contributed by atoms with Crippen molar-refractivity contribution >= 4 is 17.1 Å². The maximum atomic E-state index is 13.1. The van der Waals surface area contributed by atoms with Crippen LogP contribution in [0.3, 0.4) is 0 Å². The first-order chi connectivity index (χ1) is 16.8. The average Bonchev–Trinajstić information content (AvgIpc) is 3.25. The van der Waals surface area contributed by atoms with Crippen LogP contribution in [0.4, 0.5) is 8.78 Å². The van der Waals surface area contributed by atoms with E-state index in [2.05, 4.69) is 14.9 Å². The molecule has 2 aromatic heterocycles. The predicted molar refractivity (Wildman–Crippen MR) is 132 cm³/mol. The van der Waals surface area contributed by atoms with Crippen LogP contribution in [-0.4, -0.2) is 52.9 Å². The van der Waals surface area contributed by atoms with Gasteiger partial charge in [-0.25, -0.2) is 18.7 Å². The number of Topliss-reactive ketones (excluding diaryl/α,β-unsaturated/α-hetero) is 1. The van der Waals surface area contributed by atoms with Gasteiger partial charge in [0.15, 0.2) is 12.4 Å². The molecule has 2 aliphatic rings. The third-order valence-electron chi connectivity index (χ3n) is 6.88. The van der Waals surface area contributed by atoms with Crippen LogP contribution in [0.15, 0.2) is 18.3 Å². The molecule has 0 amide bonds. The Kier molecular flexibility index (Phi) is 8.70. The van der Waals surface area contributed by atoms with E-state index in [4.69, 9.17) is 9.47 Å². The molecular weight excluding hydrogens is 472 g/mol. The van der Waals surface area contributed by atoms with E-state index in [9.17, 15) is 13.6 Å². The van der Waals surface area contributed by atoms with Crippen molar-refractivity contribution in [3.63, 3.8) is 0 Å². The fourth-order valence-electron chi connectivity index (χ4n) is 4.99. The van der Waals surface area contributed by atoms with Crippen molar-refractivity contribution in [1.29, 1.82) is 0 Å². The van der Waals surface area contributed by atoms with Gasteiger partial charge in [0, 0.05) is 37.5 Å². The first-order valence-electron chi connectivity index (χ1n) is 12.6. The average molecular weight is 508 g/mol. The van der Waals surface area contributed by atoms with Crippen molar-refractivity contribution in [3.8, 4) is 11.1 Å². The Bertz CT molecular complexity index is 986. The van der Waals surface area contributed by atoms with Gasteiger partial charge < -0.3 is 9.47 Å². The van der Waals surface area contributed by atoms with Gasteiger partial charge in [-0.2, -0.15) is 0 Å². The van der Waals surface area contributed by atoms with E-state index in [0.717, 1.165) is 75.7 Å². The SMILES string of the molecule is CCOc1ncccc1C(=O)CC1CCC(CCN2CCc3sc(OCC(C)(F)F)nc3C2)CC1. The van der Waals surface area contributed by atoms with Gasteiger partial charge in [-0.3, -0.25) is 9.69 Å². The minimum atomic E-state index is -2.85. The zero-order chi connectivity index (χ0) is 24.8. The largest absolute Gasteiger partial charge is 0.477 e. The van der Waals surface area contributed by atoms with Crippen molar-refractivity contribution in [2.45, 2.75) is 71.3 Å². The fraction of sp³-hybridized carbons (Fsp3) is 0.654. The molecular formula is C26H35F2N3O3S. The molecule has 1 fully saturated rings. The number of fused-ring (bicyclic) bond motifs is 1. The van der Waals surface area contributed by atoms with Gasteiger partial charge in [-0.15, -0.1) is 0 Å². The highest BCUT2D eigenvalue weighted by molar-refractivity contribution is 7.13. The number of rotatable bonds is 11. The highest BCUT2D eigenvalue weighted by Crippen LogP contribution is 2.35. The number of alkyl halides is 2. The number of pyridine rings is 1. The molecule has 1 saturated carbocycles. The molecule has 2 aromatic rings. The molecule has 0 spiro atoms. The Morgan fingerprint density at radius 1 is 1.23 bits per heavy atom. The molecule has 1 aliphatic heterocycles. The summed E-state index contributed by atoms with van der Waals surface area (Å²) in [4.78, 5) is 25.1. The van der Waals surface area contributed by atoms with Crippen molar-refractivity contribution in [1.82, 2.24) is 14.9 Å². The lowest BCUT2D eigenvalue weighted by Crippen LogP contribution is -2.32. The zero-order valence-corrected chi connectivity index (χ0v) is 21.4. The normalized spacial score (nSPS) is 20.9. The van der Waals surface area contributed by atoms with Gasteiger partial charge in [-0.1, -0.05) is 24.2 Å². The summed E-state index contributed by atoms with van der Waals surface area (Å²) >= 11 is 1.40. The lowest BCUT2D eigenvalue weighted by atomic mass is 9.78. The smallest absolute Gasteiger partial charge is 0.278 e. The summed E-state index contributed by atoms with van der Waals surface area (Å²) in [5, 5.41) is 0.353. The van der Waals surface area contributed by atoms with Gasteiger partial charge in [0.1, 0.15) is 0 Å². The van der Waals surface area contributed by atoms with Crippen molar-refractivity contribution in [2.75, 3.05) is 26.3 Å². The van der Waals surface area contributed by atoms with E-state index < -0.39 is 12.5 Å². The van der Waals surface area contributed by atoms with Crippen LogP contribution in [0.5, 0.6) is 11.1 Å². The van der Waals surface area contributed by atoms with E-state index in [1.165, 1.54) is 11.3 Å². The van der Waals surface area contributed by atoms with Crippen LogP contribution in [0.2, 0.25) is 0 Å². The number of carbonyl (C=O) groups excluding carboxylic acids is 1. The molecule has 0 bridgehead atoms. The molecule has 4 rings (SSSR count). The minimum Gasteiger partial charge on any atom is -0.477 e. The first-order valence-corrected chi connectivity index (χ1v) is 13.4. The molecule has 6 nitrogen and oxygen atoms in total. The van der Waals surface area contributed by atoms with Crippen LogP contribution < -0.4 is 9.47 Å². The summed E-state index contributed by atoms with van der Waals surface area (Å²) in [6, 6.07) is 3.60. The van der Waals surface area contributed by atoms with Crippen molar-refractivity contribution < 1.29 is 23.0 Å². The standard InChI is InChI=1S/C26H35F2N3O3S/c1-3-33-24-20(5-4-12-29-24)22(32)15-19-8-6-18(7-9-19)10-13-31-14-11-23-21(16-31)30-25(35-23)34-17-26(2,27)28/h4-5,12,18-19H,3,6-11,13-17H2,1-2H3. The third-order valence-corrected chi connectivity index (χ3v) is 7.95. The van der Waals surface area contributed by atoms with Crippen molar-refractivity contribution in [3.05, 3.63) is 34.5 Å². The number of ketones is 1. The lowest BCUT2D eigenvalue weighted by Gasteiger charge is -2.31. The highest BCUT2D eigenvalue weighted by Gasteiger charge is 2.28. The first kappa shape index (κ1) is 25.9. The zero-order valence-electron chi connectivity index (χ0n) is 20.6. The topological polar surface area (TPSA) is 64.5 Å². The maximum absolute atomic E-state index is 13.1. The van der Waals surface area contributed by atoms with Crippen LogP contribution in [0, 0.1) is 11.8 Å². The molecule has 0 atom stereocenters. The van der Waals surface area contributed by atoms with Crippen LogP contribution >= 0.6 is 11.3 Å².